The molecular weight excluding hydrogens is 538 g/mol. The molecule has 9 nitrogen and oxygen atoms in total. The monoisotopic (exact) mass is 564 g/mol. The van der Waals surface area contributed by atoms with E-state index in [1.807, 2.05) is 18.3 Å². The van der Waals surface area contributed by atoms with Crippen LogP contribution < -0.4 is 10.2 Å². The number of rotatable bonds is 7. The van der Waals surface area contributed by atoms with Crippen LogP contribution in [0, 0.1) is 0 Å². The molecule has 2 aliphatic rings. The molecule has 12 heteroatoms. The van der Waals surface area contributed by atoms with Gasteiger partial charge in [0.05, 0.1) is 28.2 Å². The first-order valence-corrected chi connectivity index (χ1v) is 14.8. The van der Waals surface area contributed by atoms with Crippen molar-refractivity contribution in [2.45, 2.75) is 49.5 Å². The van der Waals surface area contributed by atoms with Crippen LogP contribution in [0.5, 0.6) is 0 Å². The van der Waals surface area contributed by atoms with Crippen LogP contribution in [0.25, 0.3) is 10.9 Å². The minimum atomic E-state index is -4.01. The van der Waals surface area contributed by atoms with Crippen LogP contribution in [-0.4, -0.2) is 47.1 Å². The number of nitrogens with one attached hydrogen (secondary N) is 1. The lowest BCUT2D eigenvalue weighted by Gasteiger charge is -2.29. The Hall–Kier alpha value is -4.06. The SMILES string of the molecule is CS(=O)(=O)c1cc(C(=O)NCc2cc3nc(N4CCCc5cc(C6CC6)cnc54)ccc3cn2)cnc1C(F)F. The average Bonchev–Trinajstić information content (AvgIpc) is 3.80. The summed E-state index contributed by atoms with van der Waals surface area (Å²) in [6, 6.07) is 8.87. The largest absolute Gasteiger partial charge is 0.346 e. The molecule has 0 spiro atoms. The van der Waals surface area contributed by atoms with Gasteiger partial charge in [-0.2, -0.15) is 0 Å². The molecule has 0 bridgehead atoms. The maximum Gasteiger partial charge on any atom is 0.281 e. The number of pyridine rings is 4. The minimum Gasteiger partial charge on any atom is -0.346 e. The third-order valence-electron chi connectivity index (χ3n) is 7.17. The molecule has 0 radical (unpaired) electrons. The van der Waals surface area contributed by atoms with Crippen LogP contribution in [0.15, 0.2) is 53.8 Å². The fourth-order valence-corrected chi connectivity index (χ4v) is 5.82. The summed E-state index contributed by atoms with van der Waals surface area (Å²) < 4.78 is 50.3. The second-order valence-electron chi connectivity index (χ2n) is 10.2. The van der Waals surface area contributed by atoms with Crippen LogP contribution in [0.1, 0.15) is 64.5 Å². The Kier molecular flexibility index (Phi) is 6.65. The second-order valence-corrected chi connectivity index (χ2v) is 12.2. The van der Waals surface area contributed by atoms with Gasteiger partial charge in [-0.25, -0.2) is 27.2 Å². The van der Waals surface area contributed by atoms with Gasteiger partial charge in [0, 0.05) is 36.8 Å². The predicted molar refractivity (Wildman–Crippen MR) is 145 cm³/mol. The van der Waals surface area contributed by atoms with E-state index in [2.05, 4.69) is 26.3 Å². The zero-order chi connectivity index (χ0) is 28.0. The summed E-state index contributed by atoms with van der Waals surface area (Å²) in [5, 5.41) is 3.48. The van der Waals surface area contributed by atoms with E-state index in [4.69, 9.17) is 9.97 Å². The molecule has 0 saturated heterocycles. The Labute approximate surface area is 229 Å². The molecule has 0 aromatic carbocycles. The summed E-state index contributed by atoms with van der Waals surface area (Å²) in [6.07, 6.45) is 6.75. The first-order valence-electron chi connectivity index (χ1n) is 13.0. The standard InChI is InChI=1S/C28H26F2N6O3S/c1-40(38,39)23-10-20(14-32-25(23)26(29)30)28(37)34-15-21-11-22-18(12-31-21)6-7-24(35-22)36-8-2-3-17-9-19(16-4-5-16)13-33-27(17)36/h6-7,9-14,16,26H,2-5,8,15H2,1H3,(H,34,37). The molecule has 4 aromatic heterocycles. The number of halogens is 2. The van der Waals surface area contributed by atoms with Crippen molar-refractivity contribution in [3.63, 3.8) is 0 Å². The molecule has 0 atom stereocenters. The number of fused-ring (bicyclic) bond motifs is 2. The molecule has 5 heterocycles. The number of anilines is 2. The van der Waals surface area contributed by atoms with E-state index in [1.165, 1.54) is 24.0 Å². The zero-order valence-corrected chi connectivity index (χ0v) is 22.5. The van der Waals surface area contributed by atoms with Gasteiger partial charge in [-0.15, -0.1) is 0 Å². The summed E-state index contributed by atoms with van der Waals surface area (Å²) in [6.45, 7) is 0.826. The number of amides is 1. The van der Waals surface area contributed by atoms with Gasteiger partial charge >= 0.3 is 0 Å². The Morgan fingerprint density at radius 3 is 2.67 bits per heavy atom. The number of nitrogens with zero attached hydrogens (tertiary/aromatic N) is 5. The number of sulfone groups is 1. The number of carbonyl (C=O) groups is 1. The van der Waals surface area contributed by atoms with Crippen LogP contribution >= 0.6 is 0 Å². The molecule has 1 aliphatic carbocycles. The molecule has 1 fully saturated rings. The van der Waals surface area contributed by atoms with Crippen molar-refractivity contribution in [1.29, 1.82) is 0 Å². The highest BCUT2D eigenvalue weighted by molar-refractivity contribution is 7.90. The normalized spacial score (nSPS) is 15.3. The van der Waals surface area contributed by atoms with E-state index in [9.17, 15) is 22.0 Å². The Morgan fingerprint density at radius 1 is 1.10 bits per heavy atom. The van der Waals surface area contributed by atoms with Crippen LogP contribution in [0.3, 0.4) is 0 Å². The summed E-state index contributed by atoms with van der Waals surface area (Å²) in [5.41, 5.74) is 2.75. The highest BCUT2D eigenvalue weighted by Gasteiger charge is 2.27. The van der Waals surface area contributed by atoms with Crippen LogP contribution in [0.2, 0.25) is 0 Å². The van der Waals surface area contributed by atoms with E-state index in [1.54, 1.807) is 12.3 Å². The van der Waals surface area contributed by atoms with E-state index < -0.39 is 32.8 Å². The fraction of sp³-hybridized carbons (Fsp3) is 0.321. The number of aromatic nitrogens is 4. The van der Waals surface area contributed by atoms with Gasteiger partial charge in [0.15, 0.2) is 9.84 Å². The van der Waals surface area contributed by atoms with Gasteiger partial charge in [0.2, 0.25) is 0 Å². The van der Waals surface area contributed by atoms with Crippen LogP contribution in [-0.2, 0) is 22.8 Å². The summed E-state index contributed by atoms with van der Waals surface area (Å²) in [7, 11) is -4.01. The summed E-state index contributed by atoms with van der Waals surface area (Å²) >= 11 is 0. The minimum absolute atomic E-state index is 0.0174. The quantitative estimate of drug-likeness (QED) is 0.345. The van der Waals surface area contributed by atoms with Gasteiger partial charge in [0.1, 0.15) is 17.3 Å². The highest BCUT2D eigenvalue weighted by atomic mass is 32.2. The van der Waals surface area contributed by atoms with Crippen molar-refractivity contribution in [3.8, 4) is 0 Å². The van der Waals surface area contributed by atoms with Crippen molar-refractivity contribution >= 4 is 38.3 Å². The van der Waals surface area contributed by atoms with Crippen molar-refractivity contribution < 1.29 is 22.0 Å². The Morgan fingerprint density at radius 2 is 1.93 bits per heavy atom. The first-order chi connectivity index (χ1) is 19.2. The van der Waals surface area contributed by atoms with E-state index in [-0.39, 0.29) is 12.1 Å². The number of carbonyl (C=O) groups excluding carboxylic acids is 1. The number of hydrogen-bond acceptors (Lipinski definition) is 8. The summed E-state index contributed by atoms with van der Waals surface area (Å²) in [4.78, 5) is 31.7. The lowest BCUT2D eigenvalue weighted by Crippen LogP contribution is -2.26. The third kappa shape index (κ3) is 5.23. The lowest BCUT2D eigenvalue weighted by molar-refractivity contribution is 0.0948. The molecule has 1 N–H and O–H groups in total. The third-order valence-corrected chi connectivity index (χ3v) is 8.29. The van der Waals surface area contributed by atoms with Gasteiger partial charge in [0.25, 0.3) is 12.3 Å². The zero-order valence-electron chi connectivity index (χ0n) is 21.6. The van der Waals surface area contributed by atoms with E-state index >= 15 is 0 Å². The van der Waals surface area contributed by atoms with E-state index in [0.717, 1.165) is 54.9 Å². The van der Waals surface area contributed by atoms with Gasteiger partial charge in [-0.1, -0.05) is 6.07 Å². The van der Waals surface area contributed by atoms with Crippen molar-refractivity contribution in [1.82, 2.24) is 25.3 Å². The van der Waals surface area contributed by atoms with E-state index in [0.29, 0.717) is 17.1 Å². The van der Waals surface area contributed by atoms with Gasteiger partial charge < -0.3 is 10.2 Å². The molecule has 206 valence electrons. The van der Waals surface area contributed by atoms with Crippen LogP contribution in [0.4, 0.5) is 20.4 Å². The maximum absolute atomic E-state index is 13.2. The Bertz CT molecular complexity index is 1740. The lowest BCUT2D eigenvalue weighted by atomic mass is 10.0. The number of aryl methyl sites for hydroxylation is 1. The predicted octanol–water partition coefficient (Wildman–Crippen LogP) is 4.65. The molecule has 1 aliphatic heterocycles. The molecule has 40 heavy (non-hydrogen) atoms. The van der Waals surface area contributed by atoms with Crippen molar-refractivity contribution in [2.24, 2.45) is 0 Å². The molecule has 1 saturated carbocycles. The number of hydrogen-bond donors (Lipinski definition) is 1. The van der Waals surface area contributed by atoms with Gasteiger partial charge in [-0.3, -0.25) is 14.8 Å². The van der Waals surface area contributed by atoms with Crippen molar-refractivity contribution in [2.75, 3.05) is 17.7 Å². The fourth-order valence-electron chi connectivity index (χ4n) is 4.95. The highest BCUT2D eigenvalue weighted by Crippen LogP contribution is 2.42. The first kappa shape index (κ1) is 26.2. The topological polar surface area (TPSA) is 118 Å². The Balaban J connectivity index is 1.21. The van der Waals surface area contributed by atoms with Gasteiger partial charge in [-0.05, 0) is 67.0 Å². The molecule has 4 aromatic rings. The second kappa shape index (κ2) is 10.2. The summed E-state index contributed by atoms with van der Waals surface area (Å²) in [5.74, 6) is 1.69. The number of alkyl halides is 2. The maximum atomic E-state index is 13.2. The molecule has 1 amide bonds. The molecule has 0 unspecified atom stereocenters. The smallest absolute Gasteiger partial charge is 0.281 e. The average molecular weight is 565 g/mol. The molecule has 6 rings (SSSR count). The van der Waals surface area contributed by atoms with Crippen molar-refractivity contribution in [3.05, 3.63) is 77.0 Å². The molecular formula is C28H26F2N6O3S.